The van der Waals surface area contributed by atoms with Crippen molar-refractivity contribution >= 4 is 17.8 Å². The number of hydrogen-bond donors (Lipinski definition) is 0. The maximum atomic E-state index is 10.5. The Kier molecular flexibility index (Phi) is 2.78. The zero-order valence-corrected chi connectivity index (χ0v) is 8.95. The lowest BCUT2D eigenvalue weighted by Gasteiger charge is -1.95. The molecule has 15 heavy (non-hydrogen) atoms. The molecule has 2 aromatic rings. The number of aromatic nitrogens is 1. The highest BCUT2D eigenvalue weighted by molar-refractivity contribution is 7.09. The number of benzene rings is 1. The number of ether oxygens (including phenoxy) is 1. The van der Waals surface area contributed by atoms with Crippen molar-refractivity contribution in [3.63, 3.8) is 0 Å². The third kappa shape index (κ3) is 2.05. The van der Waals surface area contributed by atoms with Crippen LogP contribution in [-0.2, 0) is 0 Å². The molecule has 0 saturated heterocycles. The molecule has 4 heteroatoms. The summed E-state index contributed by atoms with van der Waals surface area (Å²) in [5, 5.41) is 0. The lowest BCUT2D eigenvalue weighted by Crippen LogP contribution is -1.80. The summed E-state index contributed by atoms with van der Waals surface area (Å²) in [7, 11) is 1.59. The topological polar surface area (TPSA) is 39.2 Å². The molecule has 0 N–H and O–H groups in total. The van der Waals surface area contributed by atoms with Gasteiger partial charge in [-0.1, -0.05) is 24.3 Å². The van der Waals surface area contributed by atoms with Crippen molar-refractivity contribution in [2.24, 2.45) is 0 Å². The summed E-state index contributed by atoms with van der Waals surface area (Å²) >= 11 is 1.38. The van der Waals surface area contributed by atoms with Gasteiger partial charge in [-0.05, 0) is 17.1 Å². The molecule has 0 aliphatic rings. The number of aldehydes is 1. The van der Waals surface area contributed by atoms with Crippen molar-refractivity contribution in [2.75, 3.05) is 7.11 Å². The van der Waals surface area contributed by atoms with Crippen LogP contribution in [0.2, 0.25) is 0 Å². The van der Waals surface area contributed by atoms with Crippen molar-refractivity contribution in [2.45, 2.75) is 0 Å². The molecule has 1 aromatic carbocycles. The Bertz CT molecular complexity index is 462. The van der Waals surface area contributed by atoms with Gasteiger partial charge < -0.3 is 4.74 Å². The number of rotatable bonds is 3. The summed E-state index contributed by atoms with van der Waals surface area (Å²) in [4.78, 5) is 11.5. The van der Waals surface area contributed by atoms with Gasteiger partial charge in [0.05, 0.1) is 12.0 Å². The van der Waals surface area contributed by atoms with E-state index in [9.17, 15) is 4.79 Å². The third-order valence-electron chi connectivity index (χ3n) is 2.03. The largest absolute Gasteiger partial charge is 0.480 e. The molecule has 1 heterocycles. The van der Waals surface area contributed by atoms with E-state index in [0.717, 1.165) is 16.7 Å². The van der Waals surface area contributed by atoms with Gasteiger partial charge in [-0.2, -0.15) is 4.37 Å². The minimum atomic E-state index is 0.620. The van der Waals surface area contributed by atoms with Gasteiger partial charge in [0.1, 0.15) is 6.29 Å². The van der Waals surface area contributed by atoms with Crippen molar-refractivity contribution in [1.82, 2.24) is 4.37 Å². The summed E-state index contributed by atoms with van der Waals surface area (Å²) < 4.78 is 9.11. The van der Waals surface area contributed by atoms with E-state index >= 15 is 0 Å². The molecule has 0 fully saturated rings. The molecule has 0 bridgehead atoms. The average Bonchev–Trinajstić information content (AvgIpc) is 2.78. The predicted molar refractivity (Wildman–Crippen MR) is 59.5 cm³/mol. The molecular formula is C11H9NO2S. The number of carbonyl (C=O) groups is 1. The number of nitrogens with zero attached hydrogens (tertiary/aromatic N) is 1. The average molecular weight is 219 g/mol. The Morgan fingerprint density at radius 3 is 2.60 bits per heavy atom. The standard InChI is InChI=1S/C11H9NO2S/c1-14-11-6-10(15-12-11)9-4-2-8(7-13)3-5-9/h2-7H,1H3. The molecule has 0 amide bonds. The van der Waals surface area contributed by atoms with Crippen LogP contribution in [-0.4, -0.2) is 17.8 Å². The third-order valence-corrected chi connectivity index (χ3v) is 2.85. The van der Waals surface area contributed by atoms with Crippen LogP contribution < -0.4 is 4.74 Å². The van der Waals surface area contributed by atoms with Gasteiger partial charge in [0.15, 0.2) is 0 Å². The van der Waals surface area contributed by atoms with E-state index in [1.165, 1.54) is 11.5 Å². The van der Waals surface area contributed by atoms with Crippen LogP contribution in [0.4, 0.5) is 0 Å². The normalized spacial score (nSPS) is 9.93. The highest BCUT2D eigenvalue weighted by atomic mass is 32.1. The second kappa shape index (κ2) is 4.23. The van der Waals surface area contributed by atoms with E-state index in [1.807, 2.05) is 18.2 Å². The SMILES string of the molecule is COc1cc(-c2ccc(C=O)cc2)sn1. The quantitative estimate of drug-likeness (QED) is 0.745. The van der Waals surface area contributed by atoms with E-state index in [-0.39, 0.29) is 0 Å². The molecule has 0 unspecified atom stereocenters. The van der Waals surface area contributed by atoms with E-state index in [4.69, 9.17) is 4.74 Å². The molecule has 0 saturated carbocycles. The van der Waals surface area contributed by atoms with Crippen LogP contribution in [0.5, 0.6) is 5.88 Å². The monoisotopic (exact) mass is 219 g/mol. The number of carbonyl (C=O) groups excluding carboxylic acids is 1. The minimum absolute atomic E-state index is 0.620. The first-order valence-electron chi connectivity index (χ1n) is 4.40. The van der Waals surface area contributed by atoms with Crippen LogP contribution in [0.25, 0.3) is 10.4 Å². The van der Waals surface area contributed by atoms with Crippen molar-refractivity contribution in [3.8, 4) is 16.3 Å². The fourth-order valence-electron chi connectivity index (χ4n) is 1.22. The van der Waals surface area contributed by atoms with Crippen molar-refractivity contribution in [1.29, 1.82) is 0 Å². The predicted octanol–water partition coefficient (Wildman–Crippen LogP) is 2.63. The highest BCUT2D eigenvalue weighted by Gasteiger charge is 2.03. The van der Waals surface area contributed by atoms with Gasteiger partial charge in [0.25, 0.3) is 0 Å². The summed E-state index contributed by atoms with van der Waals surface area (Å²) in [6.45, 7) is 0. The molecule has 3 nitrogen and oxygen atoms in total. The van der Waals surface area contributed by atoms with Gasteiger partial charge in [0, 0.05) is 11.6 Å². The minimum Gasteiger partial charge on any atom is -0.480 e. The maximum Gasteiger partial charge on any atom is 0.225 e. The Morgan fingerprint density at radius 1 is 1.33 bits per heavy atom. The van der Waals surface area contributed by atoms with Gasteiger partial charge >= 0.3 is 0 Å². The Morgan fingerprint density at radius 2 is 2.07 bits per heavy atom. The second-order valence-electron chi connectivity index (χ2n) is 2.97. The first kappa shape index (κ1) is 9.86. The Hall–Kier alpha value is -1.68. The smallest absolute Gasteiger partial charge is 0.225 e. The van der Waals surface area contributed by atoms with Crippen LogP contribution in [0.1, 0.15) is 10.4 Å². The Balaban J connectivity index is 2.32. The molecule has 2 rings (SSSR count). The van der Waals surface area contributed by atoms with E-state index in [0.29, 0.717) is 11.4 Å². The molecule has 0 atom stereocenters. The van der Waals surface area contributed by atoms with Crippen LogP contribution in [0.15, 0.2) is 30.3 Å². The molecule has 0 aliphatic carbocycles. The van der Waals surface area contributed by atoms with Gasteiger partial charge in [-0.3, -0.25) is 4.79 Å². The van der Waals surface area contributed by atoms with E-state index < -0.39 is 0 Å². The molecule has 0 aliphatic heterocycles. The van der Waals surface area contributed by atoms with Crippen LogP contribution in [0.3, 0.4) is 0 Å². The van der Waals surface area contributed by atoms with Crippen molar-refractivity contribution in [3.05, 3.63) is 35.9 Å². The molecule has 0 radical (unpaired) electrons. The second-order valence-corrected chi connectivity index (χ2v) is 3.78. The summed E-state index contributed by atoms with van der Waals surface area (Å²) in [6.07, 6.45) is 0.830. The zero-order chi connectivity index (χ0) is 10.7. The fourth-order valence-corrected chi connectivity index (χ4v) is 1.93. The van der Waals surface area contributed by atoms with Crippen molar-refractivity contribution < 1.29 is 9.53 Å². The Labute approximate surface area is 91.5 Å². The van der Waals surface area contributed by atoms with Gasteiger partial charge in [-0.15, -0.1) is 0 Å². The first-order chi connectivity index (χ1) is 7.33. The summed E-state index contributed by atoms with van der Waals surface area (Å²) in [5.41, 5.74) is 1.72. The summed E-state index contributed by atoms with van der Waals surface area (Å²) in [6, 6.07) is 9.25. The van der Waals surface area contributed by atoms with Crippen LogP contribution >= 0.6 is 11.5 Å². The fraction of sp³-hybridized carbons (Fsp3) is 0.0909. The zero-order valence-electron chi connectivity index (χ0n) is 8.14. The maximum absolute atomic E-state index is 10.5. The van der Waals surface area contributed by atoms with Gasteiger partial charge in [0.2, 0.25) is 5.88 Å². The number of methoxy groups -OCH3 is 1. The lowest BCUT2D eigenvalue weighted by atomic mass is 10.1. The van der Waals surface area contributed by atoms with Crippen LogP contribution in [0, 0.1) is 0 Å². The molecular weight excluding hydrogens is 210 g/mol. The highest BCUT2D eigenvalue weighted by Crippen LogP contribution is 2.27. The first-order valence-corrected chi connectivity index (χ1v) is 5.17. The number of hydrogen-bond acceptors (Lipinski definition) is 4. The molecule has 1 aromatic heterocycles. The van der Waals surface area contributed by atoms with E-state index in [2.05, 4.69) is 4.37 Å². The summed E-state index contributed by atoms with van der Waals surface area (Å²) in [5.74, 6) is 0.620. The molecule has 76 valence electrons. The lowest BCUT2D eigenvalue weighted by molar-refractivity contribution is 0.112. The van der Waals surface area contributed by atoms with Gasteiger partial charge in [-0.25, -0.2) is 0 Å². The van der Waals surface area contributed by atoms with E-state index in [1.54, 1.807) is 19.2 Å². The molecule has 0 spiro atoms.